The summed E-state index contributed by atoms with van der Waals surface area (Å²) in [5, 5.41) is 11.3. The highest BCUT2D eigenvalue weighted by Crippen LogP contribution is 2.45. The van der Waals surface area contributed by atoms with E-state index >= 15 is 0 Å². The lowest BCUT2D eigenvalue weighted by molar-refractivity contribution is -0.274. The number of ether oxygens (including phenoxy) is 2. The van der Waals surface area contributed by atoms with Crippen LogP contribution in [0.15, 0.2) is 72.1 Å². The van der Waals surface area contributed by atoms with Crippen LogP contribution in [0, 0.1) is 11.3 Å². The quantitative estimate of drug-likeness (QED) is 0.680. The summed E-state index contributed by atoms with van der Waals surface area (Å²) in [7, 11) is 0. The minimum atomic E-state index is -4.81. The van der Waals surface area contributed by atoms with Gasteiger partial charge in [-0.25, -0.2) is 0 Å². The molecule has 1 aliphatic heterocycles. The van der Waals surface area contributed by atoms with Crippen molar-refractivity contribution in [1.29, 1.82) is 5.26 Å². The Labute approximate surface area is 158 Å². The average Bonchev–Trinajstić information content (AvgIpc) is 2.65. The Kier molecular flexibility index (Phi) is 4.12. The van der Waals surface area contributed by atoms with Crippen molar-refractivity contribution in [2.75, 3.05) is 0 Å². The molecule has 0 saturated carbocycles. The van der Waals surface area contributed by atoms with Crippen molar-refractivity contribution in [2.45, 2.75) is 12.3 Å². The zero-order valence-electron chi connectivity index (χ0n) is 14.3. The zero-order valence-corrected chi connectivity index (χ0v) is 14.3. The third-order valence-corrected chi connectivity index (χ3v) is 4.53. The molecular formula is C21H13F3N2O2. The van der Waals surface area contributed by atoms with E-state index in [9.17, 15) is 18.4 Å². The molecule has 1 atom stereocenters. The molecule has 4 nitrogen and oxygen atoms in total. The molecule has 1 unspecified atom stereocenters. The molecule has 0 amide bonds. The van der Waals surface area contributed by atoms with E-state index in [1.165, 1.54) is 18.2 Å². The molecule has 28 heavy (non-hydrogen) atoms. The molecule has 0 aromatic heterocycles. The minimum Gasteiger partial charge on any atom is -0.440 e. The molecule has 0 saturated heterocycles. The molecule has 3 aromatic rings. The van der Waals surface area contributed by atoms with Crippen molar-refractivity contribution >= 4 is 10.8 Å². The molecule has 3 aromatic carbocycles. The van der Waals surface area contributed by atoms with E-state index in [2.05, 4.69) is 4.74 Å². The van der Waals surface area contributed by atoms with Crippen molar-refractivity contribution in [3.8, 4) is 17.6 Å². The average molecular weight is 382 g/mol. The van der Waals surface area contributed by atoms with Crippen LogP contribution in [0.25, 0.3) is 10.8 Å². The minimum absolute atomic E-state index is 0.0708. The Morgan fingerprint density at radius 1 is 1.04 bits per heavy atom. The molecule has 0 aliphatic carbocycles. The Morgan fingerprint density at radius 3 is 2.57 bits per heavy atom. The van der Waals surface area contributed by atoms with Crippen LogP contribution in [0.1, 0.15) is 17.0 Å². The van der Waals surface area contributed by atoms with Gasteiger partial charge in [0.05, 0.1) is 5.92 Å². The van der Waals surface area contributed by atoms with Gasteiger partial charge in [-0.15, -0.1) is 13.2 Å². The highest BCUT2D eigenvalue weighted by atomic mass is 19.4. The van der Waals surface area contributed by atoms with Crippen molar-refractivity contribution in [3.05, 3.63) is 83.2 Å². The van der Waals surface area contributed by atoms with Crippen molar-refractivity contribution in [3.63, 3.8) is 0 Å². The fourth-order valence-electron chi connectivity index (χ4n) is 3.42. The van der Waals surface area contributed by atoms with Crippen molar-refractivity contribution < 1.29 is 22.6 Å². The summed E-state index contributed by atoms with van der Waals surface area (Å²) in [4.78, 5) is 0. The summed E-state index contributed by atoms with van der Waals surface area (Å²) >= 11 is 0. The number of rotatable bonds is 2. The summed E-state index contributed by atoms with van der Waals surface area (Å²) in [5.41, 5.74) is 7.21. The third-order valence-electron chi connectivity index (χ3n) is 4.53. The number of nitriles is 1. The Balaban J connectivity index is 1.90. The van der Waals surface area contributed by atoms with Crippen LogP contribution in [0.3, 0.4) is 0 Å². The third kappa shape index (κ3) is 3.09. The molecule has 1 aliphatic rings. The fraction of sp³-hybridized carbons (Fsp3) is 0.0952. The lowest BCUT2D eigenvalue weighted by Crippen LogP contribution is -2.21. The first-order valence-corrected chi connectivity index (χ1v) is 8.32. The largest absolute Gasteiger partial charge is 0.573 e. The summed E-state index contributed by atoms with van der Waals surface area (Å²) < 4.78 is 47.6. The van der Waals surface area contributed by atoms with E-state index in [-0.39, 0.29) is 17.2 Å². The highest BCUT2D eigenvalue weighted by Gasteiger charge is 2.34. The number of alkyl halides is 3. The number of benzene rings is 3. The maximum Gasteiger partial charge on any atom is 0.573 e. The van der Waals surface area contributed by atoms with Gasteiger partial charge < -0.3 is 15.2 Å². The van der Waals surface area contributed by atoms with E-state index in [0.717, 1.165) is 10.8 Å². The predicted octanol–water partition coefficient (Wildman–Crippen LogP) is 4.96. The van der Waals surface area contributed by atoms with Crippen LogP contribution >= 0.6 is 0 Å². The number of halogens is 3. The molecule has 2 N–H and O–H groups in total. The number of nitrogens with zero attached hydrogens (tertiary/aromatic N) is 1. The summed E-state index contributed by atoms with van der Waals surface area (Å²) in [6, 6.07) is 18.7. The van der Waals surface area contributed by atoms with E-state index in [1.54, 1.807) is 12.1 Å². The van der Waals surface area contributed by atoms with Crippen LogP contribution in [0.4, 0.5) is 13.2 Å². The van der Waals surface area contributed by atoms with Gasteiger partial charge in [-0.2, -0.15) is 5.26 Å². The van der Waals surface area contributed by atoms with E-state index in [1.807, 2.05) is 36.4 Å². The Hall–Kier alpha value is -3.66. The van der Waals surface area contributed by atoms with Gasteiger partial charge in [0.25, 0.3) is 0 Å². The number of hydrogen-bond donors (Lipinski definition) is 1. The van der Waals surface area contributed by atoms with Crippen molar-refractivity contribution in [1.82, 2.24) is 0 Å². The van der Waals surface area contributed by atoms with Gasteiger partial charge in [0.15, 0.2) is 0 Å². The van der Waals surface area contributed by atoms with Gasteiger partial charge in [0, 0.05) is 10.9 Å². The molecule has 0 fully saturated rings. The van der Waals surface area contributed by atoms with Crippen LogP contribution < -0.4 is 15.2 Å². The topological polar surface area (TPSA) is 68.3 Å². The molecule has 0 bridgehead atoms. The molecule has 1 heterocycles. The first-order chi connectivity index (χ1) is 13.4. The molecular weight excluding hydrogens is 369 g/mol. The predicted molar refractivity (Wildman–Crippen MR) is 96.4 cm³/mol. The summed E-state index contributed by atoms with van der Waals surface area (Å²) in [6.45, 7) is 0. The second-order valence-electron chi connectivity index (χ2n) is 6.25. The molecule has 7 heteroatoms. The van der Waals surface area contributed by atoms with Gasteiger partial charge in [-0.1, -0.05) is 48.5 Å². The first-order valence-electron chi connectivity index (χ1n) is 8.32. The van der Waals surface area contributed by atoms with Gasteiger partial charge >= 0.3 is 6.36 Å². The normalized spacial score (nSPS) is 16.3. The summed E-state index contributed by atoms with van der Waals surface area (Å²) in [5.74, 6) is -0.620. The van der Waals surface area contributed by atoms with Gasteiger partial charge in [0.2, 0.25) is 5.88 Å². The van der Waals surface area contributed by atoms with Gasteiger partial charge in [-0.3, -0.25) is 0 Å². The zero-order chi connectivity index (χ0) is 19.9. The van der Waals surface area contributed by atoms with Crippen LogP contribution in [-0.2, 0) is 0 Å². The first kappa shape index (κ1) is 17.7. The number of allylic oxidation sites excluding steroid dienone is 1. The lowest BCUT2D eigenvalue weighted by Gasteiger charge is -2.27. The second kappa shape index (κ2) is 6.50. The lowest BCUT2D eigenvalue weighted by atomic mass is 9.82. The van der Waals surface area contributed by atoms with E-state index in [0.29, 0.717) is 16.9 Å². The van der Waals surface area contributed by atoms with E-state index in [4.69, 9.17) is 10.5 Å². The fourth-order valence-corrected chi connectivity index (χ4v) is 3.42. The van der Waals surface area contributed by atoms with Gasteiger partial charge in [-0.05, 0) is 23.1 Å². The SMILES string of the molecule is N#CC1=C(N)Oc2c(ccc3ccccc23)C1c1cccc(OC(F)(F)F)c1. The van der Waals surface area contributed by atoms with Crippen molar-refractivity contribution in [2.24, 2.45) is 5.73 Å². The van der Waals surface area contributed by atoms with Crippen LogP contribution in [0.5, 0.6) is 11.5 Å². The number of hydrogen-bond acceptors (Lipinski definition) is 4. The maximum absolute atomic E-state index is 12.6. The van der Waals surface area contributed by atoms with Gasteiger partial charge in [0.1, 0.15) is 23.1 Å². The molecule has 0 spiro atoms. The second-order valence-corrected chi connectivity index (χ2v) is 6.25. The maximum atomic E-state index is 12.6. The number of fused-ring (bicyclic) bond motifs is 3. The smallest absolute Gasteiger partial charge is 0.440 e. The summed E-state index contributed by atoms with van der Waals surface area (Å²) in [6.07, 6.45) is -4.81. The standard InChI is InChI=1S/C21H13F3N2O2/c22-21(23,24)28-14-6-3-5-13(10-14)18-16-9-8-12-4-1-2-7-15(12)19(16)27-20(26)17(18)11-25/h1-10,18H,26H2. The van der Waals surface area contributed by atoms with E-state index < -0.39 is 12.3 Å². The monoisotopic (exact) mass is 382 g/mol. The van der Waals surface area contributed by atoms with Crippen LogP contribution in [-0.4, -0.2) is 6.36 Å². The molecule has 4 rings (SSSR count). The molecule has 140 valence electrons. The van der Waals surface area contributed by atoms with Crippen LogP contribution in [0.2, 0.25) is 0 Å². The Bertz CT molecular complexity index is 1150. The highest BCUT2D eigenvalue weighted by molar-refractivity contribution is 5.90. The number of nitrogens with two attached hydrogens (primary N) is 1. The Morgan fingerprint density at radius 2 is 1.82 bits per heavy atom. The molecule has 0 radical (unpaired) electrons.